The standard InChI is InChI=1S/C12H13NOS/c1-10-6-7-12(13-9-10)5-3-4-8-15-11(2)14/h6-7,9H,4,8H2,1-2H3. The molecule has 78 valence electrons. The van der Waals surface area contributed by atoms with Gasteiger partial charge in [0.15, 0.2) is 5.12 Å². The Bertz CT molecular complexity index is 386. The van der Waals surface area contributed by atoms with Crippen molar-refractivity contribution in [2.24, 2.45) is 0 Å². The van der Waals surface area contributed by atoms with Crippen LogP contribution in [0.3, 0.4) is 0 Å². The van der Waals surface area contributed by atoms with E-state index in [1.54, 1.807) is 13.1 Å². The van der Waals surface area contributed by atoms with Crippen LogP contribution < -0.4 is 0 Å². The fourth-order valence-corrected chi connectivity index (χ4v) is 1.43. The smallest absolute Gasteiger partial charge is 0.185 e. The van der Waals surface area contributed by atoms with Crippen molar-refractivity contribution < 1.29 is 4.79 Å². The highest BCUT2D eigenvalue weighted by atomic mass is 32.2. The zero-order valence-corrected chi connectivity index (χ0v) is 9.73. The molecule has 0 aliphatic heterocycles. The van der Waals surface area contributed by atoms with E-state index in [2.05, 4.69) is 16.8 Å². The van der Waals surface area contributed by atoms with Gasteiger partial charge in [-0.3, -0.25) is 4.79 Å². The molecule has 0 aliphatic carbocycles. The zero-order valence-electron chi connectivity index (χ0n) is 8.91. The van der Waals surface area contributed by atoms with Crippen LogP contribution in [0.15, 0.2) is 18.3 Å². The van der Waals surface area contributed by atoms with Crippen molar-refractivity contribution in [2.75, 3.05) is 5.75 Å². The minimum atomic E-state index is 0.144. The number of carbonyl (C=O) groups is 1. The molecule has 0 aromatic carbocycles. The molecule has 0 radical (unpaired) electrons. The van der Waals surface area contributed by atoms with Gasteiger partial charge < -0.3 is 0 Å². The van der Waals surface area contributed by atoms with E-state index in [9.17, 15) is 4.79 Å². The summed E-state index contributed by atoms with van der Waals surface area (Å²) in [5.41, 5.74) is 1.92. The van der Waals surface area contributed by atoms with E-state index in [0.717, 1.165) is 23.4 Å². The molecule has 1 aromatic rings. The Morgan fingerprint density at radius 3 is 2.93 bits per heavy atom. The number of aryl methyl sites for hydroxylation is 1. The first-order chi connectivity index (χ1) is 7.18. The molecule has 0 bridgehead atoms. The highest BCUT2D eigenvalue weighted by Gasteiger charge is 1.91. The number of carbonyl (C=O) groups excluding carboxylic acids is 1. The average molecular weight is 219 g/mol. The van der Waals surface area contributed by atoms with Crippen LogP contribution in [0.2, 0.25) is 0 Å². The molecule has 0 amide bonds. The molecule has 0 unspecified atom stereocenters. The molecular formula is C12H13NOS. The highest BCUT2D eigenvalue weighted by Crippen LogP contribution is 2.02. The Morgan fingerprint density at radius 2 is 2.33 bits per heavy atom. The molecule has 0 aliphatic rings. The summed E-state index contributed by atoms with van der Waals surface area (Å²) >= 11 is 1.31. The monoisotopic (exact) mass is 219 g/mol. The van der Waals surface area contributed by atoms with Gasteiger partial charge in [-0.1, -0.05) is 23.7 Å². The molecule has 15 heavy (non-hydrogen) atoms. The first-order valence-corrected chi connectivity index (χ1v) is 5.72. The van der Waals surface area contributed by atoms with Crippen molar-refractivity contribution in [1.29, 1.82) is 0 Å². The lowest BCUT2D eigenvalue weighted by atomic mass is 10.3. The van der Waals surface area contributed by atoms with Crippen LogP contribution >= 0.6 is 11.8 Å². The van der Waals surface area contributed by atoms with Crippen molar-refractivity contribution in [3.05, 3.63) is 29.6 Å². The summed E-state index contributed by atoms with van der Waals surface area (Å²) in [5, 5.41) is 0.144. The maximum atomic E-state index is 10.6. The van der Waals surface area contributed by atoms with Crippen LogP contribution in [0, 0.1) is 18.8 Å². The summed E-state index contributed by atoms with van der Waals surface area (Å²) in [6.45, 7) is 3.56. The van der Waals surface area contributed by atoms with Gasteiger partial charge in [0.25, 0.3) is 0 Å². The Morgan fingerprint density at radius 1 is 1.53 bits per heavy atom. The van der Waals surface area contributed by atoms with Crippen LogP contribution in [0.5, 0.6) is 0 Å². The molecule has 0 N–H and O–H groups in total. The summed E-state index contributed by atoms with van der Waals surface area (Å²) in [7, 11) is 0. The summed E-state index contributed by atoms with van der Waals surface area (Å²) in [6.07, 6.45) is 2.52. The Hall–Kier alpha value is -1.27. The largest absolute Gasteiger partial charge is 0.288 e. The Balaban J connectivity index is 2.38. The van der Waals surface area contributed by atoms with Crippen molar-refractivity contribution >= 4 is 16.9 Å². The minimum absolute atomic E-state index is 0.144. The minimum Gasteiger partial charge on any atom is -0.288 e. The summed E-state index contributed by atoms with van der Waals surface area (Å²) < 4.78 is 0. The topological polar surface area (TPSA) is 30.0 Å². The predicted molar refractivity (Wildman–Crippen MR) is 63.6 cm³/mol. The zero-order chi connectivity index (χ0) is 11.1. The van der Waals surface area contributed by atoms with Crippen LogP contribution in [-0.4, -0.2) is 15.9 Å². The lowest BCUT2D eigenvalue weighted by molar-refractivity contribution is -0.109. The normalized spacial score (nSPS) is 9.20. The molecule has 0 saturated carbocycles. The van der Waals surface area contributed by atoms with Gasteiger partial charge in [0.2, 0.25) is 0 Å². The van der Waals surface area contributed by atoms with Crippen molar-refractivity contribution in [3.63, 3.8) is 0 Å². The van der Waals surface area contributed by atoms with Crippen molar-refractivity contribution in [2.45, 2.75) is 20.3 Å². The van der Waals surface area contributed by atoms with Crippen LogP contribution in [0.25, 0.3) is 0 Å². The number of hydrogen-bond donors (Lipinski definition) is 0. The second-order valence-corrected chi connectivity index (χ2v) is 4.38. The quantitative estimate of drug-likeness (QED) is 0.565. The number of nitrogens with zero attached hydrogens (tertiary/aromatic N) is 1. The number of pyridine rings is 1. The number of hydrogen-bond acceptors (Lipinski definition) is 3. The SMILES string of the molecule is CC(=O)SCCC#Cc1ccc(C)cn1. The molecule has 0 atom stereocenters. The van der Waals surface area contributed by atoms with E-state index in [1.807, 2.05) is 19.1 Å². The molecule has 1 rings (SSSR count). The van der Waals surface area contributed by atoms with Gasteiger partial charge in [0.1, 0.15) is 5.69 Å². The molecule has 0 spiro atoms. The van der Waals surface area contributed by atoms with Gasteiger partial charge in [-0.2, -0.15) is 0 Å². The lowest BCUT2D eigenvalue weighted by Crippen LogP contribution is -1.85. The molecule has 2 nitrogen and oxygen atoms in total. The maximum Gasteiger partial charge on any atom is 0.185 e. The first-order valence-electron chi connectivity index (χ1n) is 4.73. The summed E-state index contributed by atoms with van der Waals surface area (Å²) in [4.78, 5) is 14.8. The molecular weight excluding hydrogens is 206 g/mol. The summed E-state index contributed by atoms with van der Waals surface area (Å²) in [5.74, 6) is 6.71. The lowest BCUT2D eigenvalue weighted by Gasteiger charge is -1.91. The fraction of sp³-hybridized carbons (Fsp3) is 0.333. The van der Waals surface area contributed by atoms with Gasteiger partial charge in [0.05, 0.1) is 0 Å². The van der Waals surface area contributed by atoms with Gasteiger partial charge in [-0.25, -0.2) is 4.98 Å². The number of aromatic nitrogens is 1. The van der Waals surface area contributed by atoms with Gasteiger partial charge in [-0.05, 0) is 24.5 Å². The third kappa shape index (κ3) is 5.24. The predicted octanol–water partition coefficient (Wildman–Crippen LogP) is 2.41. The molecule has 1 heterocycles. The van der Waals surface area contributed by atoms with Crippen molar-refractivity contribution in [3.8, 4) is 11.8 Å². The molecule has 0 saturated heterocycles. The third-order valence-electron chi connectivity index (χ3n) is 1.66. The maximum absolute atomic E-state index is 10.6. The highest BCUT2D eigenvalue weighted by molar-refractivity contribution is 8.13. The second-order valence-electron chi connectivity index (χ2n) is 3.11. The molecule has 0 fully saturated rings. The van der Waals surface area contributed by atoms with E-state index in [0.29, 0.717) is 0 Å². The number of thioether (sulfide) groups is 1. The van der Waals surface area contributed by atoms with Crippen LogP contribution in [0.1, 0.15) is 24.6 Å². The fourth-order valence-electron chi connectivity index (χ4n) is 0.941. The van der Waals surface area contributed by atoms with E-state index in [-0.39, 0.29) is 5.12 Å². The summed E-state index contributed by atoms with van der Waals surface area (Å²) in [6, 6.07) is 3.89. The van der Waals surface area contributed by atoms with E-state index < -0.39 is 0 Å². The van der Waals surface area contributed by atoms with E-state index >= 15 is 0 Å². The Kier molecular flexibility index (Phi) is 4.92. The van der Waals surface area contributed by atoms with Crippen LogP contribution in [-0.2, 0) is 4.79 Å². The second kappa shape index (κ2) is 6.26. The molecule has 3 heteroatoms. The Labute approximate surface area is 94.5 Å². The first kappa shape index (κ1) is 11.8. The van der Waals surface area contributed by atoms with Gasteiger partial charge in [-0.15, -0.1) is 0 Å². The third-order valence-corrected chi connectivity index (χ3v) is 2.47. The number of rotatable bonds is 2. The van der Waals surface area contributed by atoms with E-state index in [1.165, 1.54) is 11.8 Å². The van der Waals surface area contributed by atoms with Gasteiger partial charge in [0, 0.05) is 25.3 Å². The van der Waals surface area contributed by atoms with E-state index in [4.69, 9.17) is 0 Å². The average Bonchev–Trinajstić information content (AvgIpc) is 2.20. The van der Waals surface area contributed by atoms with Crippen molar-refractivity contribution in [1.82, 2.24) is 4.98 Å². The van der Waals surface area contributed by atoms with Gasteiger partial charge >= 0.3 is 0 Å². The molecule has 1 aromatic heterocycles. The van der Waals surface area contributed by atoms with Crippen LogP contribution in [0.4, 0.5) is 0 Å².